The van der Waals surface area contributed by atoms with Crippen molar-refractivity contribution >= 4 is 5.97 Å². The molecule has 0 saturated heterocycles. The SMILES string of the molecule is CC(=O)OC1[C@@H]2C=C[C@H]1CC2. The third-order valence-electron chi connectivity index (χ3n) is 2.58. The van der Waals surface area contributed by atoms with Gasteiger partial charge in [-0.05, 0) is 12.8 Å². The Morgan fingerprint density at radius 2 is 1.91 bits per heavy atom. The molecular formula is C9H12O2. The molecule has 2 bridgehead atoms. The smallest absolute Gasteiger partial charge is 0.302 e. The van der Waals surface area contributed by atoms with Gasteiger partial charge >= 0.3 is 5.97 Å². The molecule has 0 amide bonds. The maximum atomic E-state index is 10.7. The van der Waals surface area contributed by atoms with E-state index < -0.39 is 0 Å². The summed E-state index contributed by atoms with van der Waals surface area (Å²) in [7, 11) is 0. The van der Waals surface area contributed by atoms with Crippen LogP contribution in [0.2, 0.25) is 0 Å². The quantitative estimate of drug-likeness (QED) is 0.420. The van der Waals surface area contributed by atoms with E-state index in [2.05, 4.69) is 12.2 Å². The second-order valence-electron chi connectivity index (χ2n) is 3.36. The summed E-state index contributed by atoms with van der Waals surface area (Å²) in [6.45, 7) is 1.48. The number of esters is 1. The van der Waals surface area contributed by atoms with Gasteiger partial charge in [-0.3, -0.25) is 4.79 Å². The molecule has 0 heterocycles. The molecule has 60 valence electrons. The lowest BCUT2D eigenvalue weighted by atomic mass is 10.1. The molecule has 1 fully saturated rings. The standard InChI is InChI=1S/C9H12O2/c1-6(10)11-9-7-2-3-8(9)5-4-7/h2-3,7-9H,4-5H2,1H3/t7-,8+,9?. The van der Waals surface area contributed by atoms with Crippen LogP contribution in [-0.2, 0) is 9.53 Å². The van der Waals surface area contributed by atoms with E-state index in [1.807, 2.05) is 0 Å². The zero-order valence-electron chi connectivity index (χ0n) is 6.62. The van der Waals surface area contributed by atoms with E-state index in [-0.39, 0.29) is 12.1 Å². The van der Waals surface area contributed by atoms with Gasteiger partial charge in [0.15, 0.2) is 0 Å². The summed E-state index contributed by atoms with van der Waals surface area (Å²) in [6.07, 6.45) is 6.93. The highest BCUT2D eigenvalue weighted by Crippen LogP contribution is 2.40. The largest absolute Gasteiger partial charge is 0.461 e. The minimum absolute atomic E-state index is 0.143. The molecule has 0 radical (unpaired) electrons. The van der Waals surface area contributed by atoms with Crippen molar-refractivity contribution in [2.45, 2.75) is 25.9 Å². The Morgan fingerprint density at radius 3 is 2.27 bits per heavy atom. The van der Waals surface area contributed by atoms with Crippen molar-refractivity contribution in [2.24, 2.45) is 11.8 Å². The van der Waals surface area contributed by atoms with Crippen LogP contribution in [0.1, 0.15) is 19.8 Å². The molecule has 2 heteroatoms. The minimum atomic E-state index is -0.143. The highest BCUT2D eigenvalue weighted by Gasteiger charge is 2.39. The highest BCUT2D eigenvalue weighted by molar-refractivity contribution is 5.66. The van der Waals surface area contributed by atoms with E-state index in [4.69, 9.17) is 4.74 Å². The molecule has 2 nitrogen and oxygen atoms in total. The summed E-state index contributed by atoms with van der Waals surface area (Å²) >= 11 is 0. The Kier molecular flexibility index (Phi) is 1.48. The fraction of sp³-hybridized carbons (Fsp3) is 0.667. The molecule has 11 heavy (non-hydrogen) atoms. The monoisotopic (exact) mass is 152 g/mol. The van der Waals surface area contributed by atoms with Crippen LogP contribution < -0.4 is 0 Å². The molecule has 0 N–H and O–H groups in total. The topological polar surface area (TPSA) is 26.3 Å². The van der Waals surface area contributed by atoms with Crippen molar-refractivity contribution in [3.05, 3.63) is 12.2 Å². The lowest BCUT2D eigenvalue weighted by Gasteiger charge is -2.14. The van der Waals surface area contributed by atoms with E-state index in [1.165, 1.54) is 19.8 Å². The van der Waals surface area contributed by atoms with Crippen LogP contribution in [-0.4, -0.2) is 12.1 Å². The van der Waals surface area contributed by atoms with E-state index in [0.29, 0.717) is 11.8 Å². The molecule has 0 aromatic heterocycles. The minimum Gasteiger partial charge on any atom is -0.461 e. The highest BCUT2D eigenvalue weighted by atomic mass is 16.5. The number of ether oxygens (including phenoxy) is 1. The van der Waals surface area contributed by atoms with Gasteiger partial charge in [0, 0.05) is 18.8 Å². The van der Waals surface area contributed by atoms with Crippen LogP contribution >= 0.6 is 0 Å². The average molecular weight is 152 g/mol. The number of hydrogen-bond donors (Lipinski definition) is 0. The van der Waals surface area contributed by atoms with Gasteiger partial charge in [0.1, 0.15) is 6.10 Å². The first-order valence-electron chi connectivity index (χ1n) is 4.13. The summed E-state index contributed by atoms with van der Waals surface area (Å²) in [6, 6.07) is 0. The fourth-order valence-corrected chi connectivity index (χ4v) is 2.09. The average Bonchev–Trinajstić information content (AvgIpc) is 2.48. The molecule has 2 rings (SSSR count). The second kappa shape index (κ2) is 2.36. The number of fused-ring (bicyclic) bond motifs is 2. The van der Waals surface area contributed by atoms with E-state index in [0.717, 1.165) is 0 Å². The zero-order chi connectivity index (χ0) is 7.84. The Bertz CT molecular complexity index is 194. The molecule has 3 atom stereocenters. The van der Waals surface area contributed by atoms with E-state index in [1.54, 1.807) is 0 Å². The Morgan fingerprint density at radius 1 is 1.36 bits per heavy atom. The van der Waals surface area contributed by atoms with Gasteiger partial charge in [0.25, 0.3) is 0 Å². The first-order chi connectivity index (χ1) is 5.27. The maximum Gasteiger partial charge on any atom is 0.302 e. The molecule has 2 aliphatic rings. The van der Waals surface area contributed by atoms with Gasteiger partial charge in [-0.1, -0.05) is 12.2 Å². The molecule has 2 aliphatic carbocycles. The molecule has 0 aromatic carbocycles. The van der Waals surface area contributed by atoms with Crippen molar-refractivity contribution in [2.75, 3.05) is 0 Å². The third-order valence-corrected chi connectivity index (χ3v) is 2.58. The molecule has 0 aliphatic heterocycles. The molecule has 1 unspecified atom stereocenters. The predicted octanol–water partition coefficient (Wildman–Crippen LogP) is 1.51. The van der Waals surface area contributed by atoms with E-state index in [9.17, 15) is 4.79 Å². The van der Waals surface area contributed by atoms with Crippen LogP contribution in [0.4, 0.5) is 0 Å². The summed E-state index contributed by atoms with van der Waals surface area (Å²) in [5.74, 6) is 0.892. The maximum absolute atomic E-state index is 10.7. The summed E-state index contributed by atoms with van der Waals surface area (Å²) in [5.41, 5.74) is 0. The van der Waals surface area contributed by atoms with Crippen molar-refractivity contribution in [3.63, 3.8) is 0 Å². The van der Waals surface area contributed by atoms with Crippen LogP contribution in [0.3, 0.4) is 0 Å². The first kappa shape index (κ1) is 6.89. The fourth-order valence-electron chi connectivity index (χ4n) is 2.09. The van der Waals surface area contributed by atoms with Crippen LogP contribution in [0.25, 0.3) is 0 Å². The molecule has 0 spiro atoms. The lowest BCUT2D eigenvalue weighted by molar-refractivity contribution is -0.148. The zero-order valence-corrected chi connectivity index (χ0v) is 6.62. The third kappa shape index (κ3) is 1.06. The van der Waals surface area contributed by atoms with Gasteiger partial charge in [0.2, 0.25) is 0 Å². The van der Waals surface area contributed by atoms with Gasteiger partial charge in [-0.2, -0.15) is 0 Å². The van der Waals surface area contributed by atoms with Crippen LogP contribution in [0, 0.1) is 11.8 Å². The second-order valence-corrected chi connectivity index (χ2v) is 3.36. The first-order valence-corrected chi connectivity index (χ1v) is 4.13. The number of rotatable bonds is 1. The summed E-state index contributed by atoms with van der Waals surface area (Å²) in [4.78, 5) is 10.7. The van der Waals surface area contributed by atoms with Crippen molar-refractivity contribution in [1.82, 2.24) is 0 Å². The number of carbonyl (C=O) groups excluding carboxylic acids is 1. The van der Waals surface area contributed by atoms with Gasteiger partial charge in [-0.25, -0.2) is 0 Å². The van der Waals surface area contributed by atoms with Gasteiger partial charge in [0.05, 0.1) is 0 Å². The van der Waals surface area contributed by atoms with Gasteiger partial charge < -0.3 is 4.74 Å². The number of hydrogen-bond acceptors (Lipinski definition) is 2. The Balaban J connectivity index is 2.02. The lowest BCUT2D eigenvalue weighted by Crippen LogP contribution is -2.21. The molecule has 1 saturated carbocycles. The summed E-state index contributed by atoms with van der Waals surface area (Å²) in [5, 5.41) is 0. The Hall–Kier alpha value is -0.790. The number of carbonyl (C=O) groups is 1. The molecule has 0 aromatic rings. The normalized spacial score (nSPS) is 39.5. The van der Waals surface area contributed by atoms with Crippen molar-refractivity contribution < 1.29 is 9.53 Å². The summed E-state index contributed by atoms with van der Waals surface area (Å²) < 4.78 is 5.20. The van der Waals surface area contributed by atoms with Crippen molar-refractivity contribution in [1.29, 1.82) is 0 Å². The van der Waals surface area contributed by atoms with E-state index >= 15 is 0 Å². The molecular weight excluding hydrogens is 140 g/mol. The van der Waals surface area contributed by atoms with Gasteiger partial charge in [-0.15, -0.1) is 0 Å². The Labute approximate surface area is 66.2 Å². The van der Waals surface area contributed by atoms with Crippen LogP contribution in [0.15, 0.2) is 12.2 Å². The van der Waals surface area contributed by atoms with Crippen molar-refractivity contribution in [3.8, 4) is 0 Å². The van der Waals surface area contributed by atoms with Crippen LogP contribution in [0.5, 0.6) is 0 Å². The predicted molar refractivity (Wildman–Crippen MR) is 40.9 cm³/mol.